The van der Waals surface area contributed by atoms with E-state index in [1.54, 1.807) is 24.0 Å². The van der Waals surface area contributed by atoms with Crippen molar-refractivity contribution in [1.29, 1.82) is 0 Å². The SMILES string of the molecule is CCOC(=O)N1CCN(C(=O)C(CCC(=O)O)NC(=O)c2cc(OCC(=O)N3CCCC3C(=O)N3CCCC3)c3ccc(C)cc3n2)CC1. The van der Waals surface area contributed by atoms with Crippen LogP contribution >= 0.6 is 0 Å². The zero-order valence-electron chi connectivity index (χ0n) is 28.0. The van der Waals surface area contributed by atoms with Gasteiger partial charge in [0, 0.05) is 63.7 Å². The molecule has 0 bridgehead atoms. The van der Waals surface area contributed by atoms with E-state index in [0.717, 1.165) is 24.8 Å². The number of carbonyl (C=O) groups is 6. The average molecular weight is 681 g/mol. The number of ether oxygens (including phenoxy) is 2. The van der Waals surface area contributed by atoms with Crippen LogP contribution in [0.1, 0.15) is 61.5 Å². The van der Waals surface area contributed by atoms with Gasteiger partial charge in [-0.25, -0.2) is 9.78 Å². The van der Waals surface area contributed by atoms with Gasteiger partial charge in [-0.2, -0.15) is 0 Å². The third kappa shape index (κ3) is 8.56. The molecule has 2 aromatic rings. The Kier molecular flexibility index (Phi) is 11.5. The minimum atomic E-state index is -1.17. The number of nitrogens with one attached hydrogen (secondary N) is 1. The maximum Gasteiger partial charge on any atom is 0.409 e. The van der Waals surface area contributed by atoms with Crippen LogP contribution in [0.25, 0.3) is 10.9 Å². The number of fused-ring (bicyclic) bond motifs is 1. The molecular weight excluding hydrogens is 636 g/mol. The van der Waals surface area contributed by atoms with Crippen molar-refractivity contribution in [1.82, 2.24) is 29.9 Å². The van der Waals surface area contributed by atoms with Gasteiger partial charge >= 0.3 is 12.1 Å². The van der Waals surface area contributed by atoms with Crippen LogP contribution in [-0.4, -0.2) is 136 Å². The topological polar surface area (TPSA) is 179 Å². The number of hydrogen-bond donors (Lipinski definition) is 2. The molecule has 3 aliphatic heterocycles. The van der Waals surface area contributed by atoms with Gasteiger partial charge in [-0.05, 0) is 63.6 Å². The van der Waals surface area contributed by atoms with Crippen LogP contribution in [-0.2, 0) is 23.9 Å². The smallest absolute Gasteiger partial charge is 0.409 e. The van der Waals surface area contributed by atoms with Crippen LogP contribution in [0.5, 0.6) is 5.75 Å². The summed E-state index contributed by atoms with van der Waals surface area (Å²) in [6.07, 6.45) is 2.25. The molecule has 1 aromatic heterocycles. The highest BCUT2D eigenvalue weighted by atomic mass is 16.6. The van der Waals surface area contributed by atoms with E-state index in [2.05, 4.69) is 10.3 Å². The summed E-state index contributed by atoms with van der Waals surface area (Å²) >= 11 is 0. The molecule has 5 rings (SSSR count). The molecule has 3 saturated heterocycles. The lowest BCUT2D eigenvalue weighted by molar-refractivity contribution is -0.144. The van der Waals surface area contributed by atoms with Gasteiger partial charge in [0.1, 0.15) is 23.5 Å². The number of carbonyl (C=O) groups excluding carboxylic acids is 5. The van der Waals surface area contributed by atoms with Gasteiger partial charge in [-0.3, -0.25) is 24.0 Å². The number of pyridine rings is 1. The van der Waals surface area contributed by atoms with Crippen LogP contribution in [0.3, 0.4) is 0 Å². The van der Waals surface area contributed by atoms with Crippen molar-refractivity contribution in [3.05, 3.63) is 35.5 Å². The highest BCUT2D eigenvalue weighted by Gasteiger charge is 2.37. The second-order valence-corrected chi connectivity index (χ2v) is 12.6. The van der Waals surface area contributed by atoms with Gasteiger partial charge in [-0.15, -0.1) is 0 Å². The zero-order chi connectivity index (χ0) is 35.1. The molecule has 0 saturated carbocycles. The molecule has 5 amide bonds. The van der Waals surface area contributed by atoms with Gasteiger partial charge in [0.15, 0.2) is 6.61 Å². The lowest BCUT2D eigenvalue weighted by atomic mass is 10.1. The number of carboxylic acids is 1. The van der Waals surface area contributed by atoms with E-state index in [4.69, 9.17) is 9.47 Å². The molecule has 49 heavy (non-hydrogen) atoms. The van der Waals surface area contributed by atoms with Gasteiger partial charge < -0.3 is 39.5 Å². The zero-order valence-corrected chi connectivity index (χ0v) is 28.0. The maximum absolute atomic E-state index is 13.6. The largest absolute Gasteiger partial charge is 0.483 e. The Balaban J connectivity index is 1.30. The van der Waals surface area contributed by atoms with Crippen molar-refractivity contribution in [3.63, 3.8) is 0 Å². The van der Waals surface area contributed by atoms with Crippen molar-refractivity contribution in [2.75, 3.05) is 59.0 Å². The van der Waals surface area contributed by atoms with E-state index >= 15 is 0 Å². The molecule has 0 aliphatic carbocycles. The number of carboxylic acid groups (broad SMARTS) is 1. The molecule has 15 nitrogen and oxygen atoms in total. The van der Waals surface area contributed by atoms with E-state index in [9.17, 15) is 33.9 Å². The molecule has 0 spiro atoms. The molecule has 2 N–H and O–H groups in total. The van der Waals surface area contributed by atoms with Crippen molar-refractivity contribution < 1.29 is 43.3 Å². The quantitative estimate of drug-likeness (QED) is 0.356. The summed E-state index contributed by atoms with van der Waals surface area (Å²) in [5.41, 5.74) is 1.22. The molecule has 2 atom stereocenters. The second kappa shape index (κ2) is 16.0. The number of likely N-dealkylation sites (tertiary alicyclic amines) is 2. The van der Waals surface area contributed by atoms with Crippen LogP contribution in [0.15, 0.2) is 24.3 Å². The number of piperazine rings is 1. The number of nitrogens with zero attached hydrogens (tertiary/aromatic N) is 5. The maximum atomic E-state index is 13.6. The van der Waals surface area contributed by atoms with Gasteiger partial charge in [0.2, 0.25) is 11.8 Å². The highest BCUT2D eigenvalue weighted by molar-refractivity contribution is 5.99. The Morgan fingerprint density at radius 3 is 2.35 bits per heavy atom. The lowest BCUT2D eigenvalue weighted by Crippen LogP contribution is -2.56. The number of rotatable bonds is 11. The van der Waals surface area contributed by atoms with Crippen molar-refractivity contribution >= 4 is 46.6 Å². The number of aryl methyl sites for hydroxylation is 1. The van der Waals surface area contributed by atoms with E-state index in [0.29, 0.717) is 37.0 Å². The summed E-state index contributed by atoms with van der Waals surface area (Å²) in [5.74, 6) is -2.44. The molecule has 3 aliphatic rings. The van der Waals surface area contributed by atoms with E-state index in [1.165, 1.54) is 15.9 Å². The Labute approximate surface area is 284 Å². The van der Waals surface area contributed by atoms with Gasteiger partial charge in [0.25, 0.3) is 11.8 Å². The monoisotopic (exact) mass is 680 g/mol. The van der Waals surface area contributed by atoms with Crippen LogP contribution in [0.4, 0.5) is 4.79 Å². The molecular formula is C34H44N6O9. The Morgan fingerprint density at radius 2 is 1.65 bits per heavy atom. The number of hydrogen-bond acceptors (Lipinski definition) is 9. The first-order chi connectivity index (χ1) is 23.5. The normalized spacial score (nSPS) is 18.4. The summed E-state index contributed by atoms with van der Waals surface area (Å²) in [5, 5.41) is 12.6. The van der Waals surface area contributed by atoms with Crippen molar-refractivity contribution in [3.8, 4) is 5.75 Å². The molecule has 4 heterocycles. The fourth-order valence-corrected chi connectivity index (χ4v) is 6.54. The average Bonchev–Trinajstić information content (AvgIpc) is 3.81. The number of amides is 5. The van der Waals surface area contributed by atoms with Gasteiger partial charge in [0.05, 0.1) is 12.1 Å². The highest BCUT2D eigenvalue weighted by Crippen LogP contribution is 2.28. The first-order valence-electron chi connectivity index (χ1n) is 16.9. The first-order valence-corrected chi connectivity index (χ1v) is 16.9. The second-order valence-electron chi connectivity index (χ2n) is 12.6. The summed E-state index contributed by atoms with van der Waals surface area (Å²) in [7, 11) is 0. The summed E-state index contributed by atoms with van der Waals surface area (Å²) < 4.78 is 11.1. The molecule has 3 fully saturated rings. The van der Waals surface area contributed by atoms with E-state index < -0.39 is 36.0 Å². The van der Waals surface area contributed by atoms with Crippen LogP contribution in [0.2, 0.25) is 0 Å². The molecule has 0 radical (unpaired) electrons. The summed E-state index contributed by atoms with van der Waals surface area (Å²) in [4.78, 5) is 88.0. The van der Waals surface area contributed by atoms with E-state index in [-0.39, 0.29) is 75.5 Å². The predicted octanol–water partition coefficient (Wildman–Crippen LogP) is 1.80. The van der Waals surface area contributed by atoms with Crippen molar-refractivity contribution in [2.45, 2.75) is 64.5 Å². The Morgan fingerprint density at radius 1 is 0.939 bits per heavy atom. The lowest BCUT2D eigenvalue weighted by Gasteiger charge is -2.35. The van der Waals surface area contributed by atoms with Crippen LogP contribution in [0, 0.1) is 6.92 Å². The summed E-state index contributed by atoms with van der Waals surface area (Å²) in [6, 6.07) is 5.12. The minimum Gasteiger partial charge on any atom is -0.483 e. The van der Waals surface area contributed by atoms with E-state index in [1.807, 2.05) is 17.9 Å². The number of aliphatic carboxylic acids is 1. The fraction of sp³-hybridized carbons (Fsp3) is 0.559. The fourth-order valence-electron chi connectivity index (χ4n) is 6.54. The first kappa shape index (κ1) is 35.4. The molecule has 2 unspecified atom stereocenters. The summed E-state index contributed by atoms with van der Waals surface area (Å²) in [6.45, 7) is 6.17. The molecule has 15 heteroatoms. The number of benzene rings is 1. The standard InChI is InChI=1S/C34H44N6O9/c1-3-48-34(47)39-17-15-38(16-18-39)32(45)24(10-11-30(42)43)36-31(44)26-20-28(23-9-8-22(2)19-25(23)35-26)49-21-29(41)40-14-6-7-27(40)33(46)37-12-4-5-13-37/h8-9,19-20,24,27H,3-7,10-18,21H2,1-2H3,(H,36,44)(H,42,43). The van der Waals surface area contributed by atoms with Crippen LogP contribution < -0.4 is 10.1 Å². The minimum absolute atomic E-state index is 0.0278. The third-order valence-electron chi connectivity index (χ3n) is 9.15. The molecule has 264 valence electrons. The number of aromatic nitrogens is 1. The Bertz CT molecular complexity index is 1590. The predicted molar refractivity (Wildman–Crippen MR) is 176 cm³/mol. The molecule has 1 aromatic carbocycles. The third-order valence-corrected chi connectivity index (χ3v) is 9.15. The van der Waals surface area contributed by atoms with Crippen molar-refractivity contribution in [2.24, 2.45) is 0 Å². The Hall–Kier alpha value is -4.95. The van der Waals surface area contributed by atoms with Gasteiger partial charge in [-0.1, -0.05) is 6.07 Å².